The van der Waals surface area contributed by atoms with Crippen molar-refractivity contribution in [2.24, 2.45) is 5.73 Å². The van der Waals surface area contributed by atoms with Crippen LogP contribution in [-0.4, -0.2) is 29.6 Å². The average Bonchev–Trinajstić information content (AvgIpc) is 2.77. The summed E-state index contributed by atoms with van der Waals surface area (Å²) in [7, 11) is 0. The van der Waals surface area contributed by atoms with Crippen LogP contribution in [0.4, 0.5) is 5.69 Å². The molecule has 1 aliphatic heterocycles. The molecule has 5 nitrogen and oxygen atoms in total. The fraction of sp³-hybridized carbons (Fsp3) is 0.333. The van der Waals surface area contributed by atoms with Crippen molar-refractivity contribution >= 4 is 33.5 Å². The molecule has 1 aromatic carbocycles. The molecule has 1 fully saturated rings. The summed E-state index contributed by atoms with van der Waals surface area (Å²) >= 11 is 3.23. The van der Waals surface area contributed by atoms with Gasteiger partial charge in [0.2, 0.25) is 5.91 Å². The number of carboxylic acids is 1. The number of rotatable bonds is 3. The van der Waals surface area contributed by atoms with E-state index in [2.05, 4.69) is 15.9 Å². The Morgan fingerprint density at radius 3 is 2.72 bits per heavy atom. The van der Waals surface area contributed by atoms with Crippen molar-refractivity contribution in [1.29, 1.82) is 0 Å². The molecule has 1 heterocycles. The highest BCUT2D eigenvalue weighted by Crippen LogP contribution is 2.29. The Kier molecular flexibility index (Phi) is 3.56. The Morgan fingerprint density at radius 2 is 2.17 bits per heavy atom. The first-order valence-corrected chi connectivity index (χ1v) is 6.39. The van der Waals surface area contributed by atoms with E-state index in [-0.39, 0.29) is 17.5 Å². The van der Waals surface area contributed by atoms with E-state index in [9.17, 15) is 9.59 Å². The normalized spacial score (nSPS) is 18.9. The summed E-state index contributed by atoms with van der Waals surface area (Å²) in [4.78, 5) is 24.1. The zero-order valence-electron chi connectivity index (χ0n) is 9.60. The lowest BCUT2D eigenvalue weighted by Gasteiger charge is -2.24. The van der Waals surface area contributed by atoms with Gasteiger partial charge in [-0.1, -0.05) is 0 Å². The molecule has 1 aromatic rings. The Labute approximate surface area is 113 Å². The van der Waals surface area contributed by atoms with Crippen LogP contribution in [0, 0.1) is 0 Å². The van der Waals surface area contributed by atoms with Gasteiger partial charge in [-0.2, -0.15) is 0 Å². The molecule has 1 aliphatic rings. The van der Waals surface area contributed by atoms with Crippen LogP contribution in [-0.2, 0) is 4.79 Å². The molecule has 3 N–H and O–H groups in total. The number of nitrogens with zero attached hydrogens (tertiary/aromatic N) is 1. The molecule has 0 radical (unpaired) electrons. The molecule has 1 saturated heterocycles. The number of carbonyl (C=O) groups excluding carboxylic acids is 1. The second kappa shape index (κ2) is 4.97. The number of anilines is 1. The first kappa shape index (κ1) is 12.9. The van der Waals surface area contributed by atoms with Crippen LogP contribution >= 0.6 is 15.9 Å². The largest absolute Gasteiger partial charge is 0.478 e. The van der Waals surface area contributed by atoms with Gasteiger partial charge >= 0.3 is 5.97 Å². The van der Waals surface area contributed by atoms with Crippen molar-refractivity contribution in [2.75, 3.05) is 11.4 Å². The monoisotopic (exact) mass is 312 g/mol. The third-order valence-electron chi connectivity index (χ3n) is 3.10. The first-order chi connectivity index (χ1) is 8.50. The smallest absolute Gasteiger partial charge is 0.336 e. The lowest BCUT2D eigenvalue weighted by Crippen LogP contribution is -2.40. The highest BCUT2D eigenvalue weighted by atomic mass is 79.9. The van der Waals surface area contributed by atoms with E-state index in [0.717, 1.165) is 25.1 Å². The van der Waals surface area contributed by atoms with E-state index in [1.165, 1.54) is 6.07 Å². The van der Waals surface area contributed by atoms with Crippen molar-refractivity contribution in [2.45, 2.75) is 18.9 Å². The number of carboxylic acid groups (broad SMARTS) is 1. The molecule has 0 aromatic heterocycles. The van der Waals surface area contributed by atoms with Crippen molar-refractivity contribution < 1.29 is 14.7 Å². The highest BCUT2D eigenvalue weighted by Gasteiger charge is 2.29. The maximum atomic E-state index is 11.3. The summed E-state index contributed by atoms with van der Waals surface area (Å²) < 4.78 is 0.502. The lowest BCUT2D eigenvalue weighted by atomic mass is 10.1. The van der Waals surface area contributed by atoms with Gasteiger partial charge in [0.05, 0.1) is 5.56 Å². The summed E-state index contributed by atoms with van der Waals surface area (Å²) in [6, 6.07) is 4.64. The van der Waals surface area contributed by atoms with Crippen LogP contribution in [0.3, 0.4) is 0 Å². The molecule has 0 spiro atoms. The van der Waals surface area contributed by atoms with Gasteiger partial charge in [-0.3, -0.25) is 4.79 Å². The van der Waals surface area contributed by atoms with E-state index in [1.807, 2.05) is 4.90 Å². The van der Waals surface area contributed by atoms with Crippen molar-refractivity contribution in [1.82, 2.24) is 0 Å². The summed E-state index contributed by atoms with van der Waals surface area (Å²) in [6.45, 7) is 0.756. The topological polar surface area (TPSA) is 83.6 Å². The number of aromatic carboxylic acids is 1. The van der Waals surface area contributed by atoms with Gasteiger partial charge in [-0.25, -0.2) is 4.79 Å². The summed E-state index contributed by atoms with van der Waals surface area (Å²) in [6.07, 6.45) is 1.65. The van der Waals surface area contributed by atoms with Gasteiger partial charge < -0.3 is 15.7 Å². The number of carbonyl (C=O) groups is 2. The second-order valence-corrected chi connectivity index (χ2v) is 5.08. The molecule has 1 amide bonds. The minimum absolute atomic E-state index is 0.202. The molecule has 1 atom stereocenters. The Hall–Kier alpha value is -1.56. The second-order valence-electron chi connectivity index (χ2n) is 4.22. The van der Waals surface area contributed by atoms with Crippen LogP contribution < -0.4 is 10.6 Å². The van der Waals surface area contributed by atoms with Gasteiger partial charge in [0.15, 0.2) is 0 Å². The van der Waals surface area contributed by atoms with E-state index >= 15 is 0 Å². The lowest BCUT2D eigenvalue weighted by molar-refractivity contribution is -0.119. The van der Waals surface area contributed by atoms with Gasteiger partial charge in [0.1, 0.15) is 6.04 Å². The molecule has 1 unspecified atom stereocenters. The fourth-order valence-electron chi connectivity index (χ4n) is 2.23. The quantitative estimate of drug-likeness (QED) is 0.888. The maximum absolute atomic E-state index is 11.3. The maximum Gasteiger partial charge on any atom is 0.336 e. The summed E-state index contributed by atoms with van der Waals surface area (Å²) in [5, 5.41) is 8.94. The number of benzene rings is 1. The van der Waals surface area contributed by atoms with E-state index in [4.69, 9.17) is 10.8 Å². The molecule has 0 saturated carbocycles. The predicted octanol–water partition coefficient (Wildman–Crippen LogP) is 1.60. The minimum Gasteiger partial charge on any atom is -0.478 e. The van der Waals surface area contributed by atoms with Crippen LogP contribution in [0.15, 0.2) is 22.7 Å². The molecule has 0 bridgehead atoms. The zero-order chi connectivity index (χ0) is 13.3. The van der Waals surface area contributed by atoms with Crippen LogP contribution in [0.5, 0.6) is 0 Å². The first-order valence-electron chi connectivity index (χ1n) is 5.59. The summed E-state index contributed by atoms with van der Waals surface area (Å²) in [5.74, 6) is -1.33. The number of halogens is 1. The molecule has 2 rings (SSSR count). The Balaban J connectivity index is 2.32. The van der Waals surface area contributed by atoms with Gasteiger partial charge in [0.25, 0.3) is 0 Å². The Bertz CT molecular complexity index is 504. The zero-order valence-corrected chi connectivity index (χ0v) is 11.2. The van der Waals surface area contributed by atoms with Gasteiger partial charge in [-0.15, -0.1) is 0 Å². The van der Waals surface area contributed by atoms with Crippen LogP contribution in [0.25, 0.3) is 0 Å². The van der Waals surface area contributed by atoms with Crippen molar-refractivity contribution in [3.05, 3.63) is 28.2 Å². The Morgan fingerprint density at radius 1 is 1.44 bits per heavy atom. The highest BCUT2D eigenvalue weighted by molar-refractivity contribution is 9.10. The van der Waals surface area contributed by atoms with E-state index < -0.39 is 5.97 Å². The standard InChI is InChI=1S/C12H13BrN2O3/c13-9-6-7(3-4-8(9)12(17)18)15-5-1-2-10(15)11(14)16/h3-4,6,10H,1-2,5H2,(H2,14,16)(H,17,18). The molecule has 0 aliphatic carbocycles. The predicted molar refractivity (Wildman–Crippen MR) is 70.7 cm³/mol. The average molecular weight is 313 g/mol. The van der Waals surface area contributed by atoms with Crippen LogP contribution in [0.1, 0.15) is 23.2 Å². The number of hydrogen-bond donors (Lipinski definition) is 2. The molecule has 18 heavy (non-hydrogen) atoms. The number of hydrogen-bond acceptors (Lipinski definition) is 3. The van der Waals surface area contributed by atoms with E-state index in [1.54, 1.807) is 12.1 Å². The van der Waals surface area contributed by atoms with Gasteiger partial charge in [-0.05, 0) is 47.0 Å². The van der Waals surface area contributed by atoms with Crippen molar-refractivity contribution in [3.63, 3.8) is 0 Å². The number of primary amides is 1. The molecule has 6 heteroatoms. The van der Waals surface area contributed by atoms with E-state index in [0.29, 0.717) is 4.47 Å². The fourth-order valence-corrected chi connectivity index (χ4v) is 2.76. The number of nitrogens with two attached hydrogens (primary N) is 1. The third-order valence-corrected chi connectivity index (χ3v) is 3.75. The van der Waals surface area contributed by atoms with Gasteiger partial charge in [0, 0.05) is 16.7 Å². The number of amides is 1. The molecule has 96 valence electrons. The molecular formula is C12H13BrN2O3. The van der Waals surface area contributed by atoms with Crippen LogP contribution in [0.2, 0.25) is 0 Å². The molecular weight excluding hydrogens is 300 g/mol. The van der Waals surface area contributed by atoms with Crippen molar-refractivity contribution in [3.8, 4) is 0 Å². The summed E-state index contributed by atoms with van der Waals surface area (Å²) in [5.41, 5.74) is 6.37. The SMILES string of the molecule is NC(=O)C1CCCN1c1ccc(C(=O)O)c(Br)c1. The minimum atomic E-state index is -0.985. The third kappa shape index (κ3) is 2.33.